The lowest BCUT2D eigenvalue weighted by Crippen LogP contribution is -2.04. The Kier molecular flexibility index (Phi) is 13.1. The number of aliphatic carboxylic acids is 2. The molecule has 0 bridgehead atoms. The number of hydrogen-bond donors (Lipinski definition) is 2. The number of carboxylic acid groups (broad SMARTS) is 2. The van der Waals surface area contributed by atoms with E-state index in [0.717, 1.165) is 38.5 Å². The summed E-state index contributed by atoms with van der Waals surface area (Å²) in [5, 5.41) is 17.2. The van der Waals surface area contributed by atoms with Crippen LogP contribution < -0.4 is 9.47 Å². The predicted octanol–water partition coefficient (Wildman–Crippen LogP) is 5.07. The van der Waals surface area contributed by atoms with Crippen LogP contribution in [0.1, 0.15) is 64.2 Å². The Hall–Kier alpha value is -2.50. The Morgan fingerprint density at radius 1 is 0.714 bits per heavy atom. The van der Waals surface area contributed by atoms with Crippen LogP contribution in [0.25, 0.3) is 0 Å². The summed E-state index contributed by atoms with van der Waals surface area (Å²) in [7, 11) is 0. The van der Waals surface area contributed by atoms with E-state index in [1.54, 1.807) is 0 Å². The van der Waals surface area contributed by atoms with Gasteiger partial charge in [0.05, 0.1) is 13.2 Å². The van der Waals surface area contributed by atoms with Gasteiger partial charge in [-0.1, -0.05) is 37.1 Å². The molecule has 0 aliphatic carbocycles. The number of allylic oxidation sites excluding steroid dienone is 2. The summed E-state index contributed by atoms with van der Waals surface area (Å²) >= 11 is 0. The van der Waals surface area contributed by atoms with Gasteiger partial charge in [-0.05, 0) is 50.7 Å². The van der Waals surface area contributed by atoms with Gasteiger partial charge >= 0.3 is 11.9 Å². The fourth-order valence-electron chi connectivity index (χ4n) is 2.60. The standard InChI is InChI=1S/C22H32O6/c23-21(24)15-8-6-4-2-1-3-5-7-11-17-27-19-13-9-10-14-20(19)28-18-12-16-22(25)26/h2,4,9-10,13-14H,1,3,5-8,11-12,15-18H2,(H,23,24)(H,25,26). The topological polar surface area (TPSA) is 93.1 Å². The van der Waals surface area contributed by atoms with Crippen LogP contribution in [0.5, 0.6) is 11.5 Å². The first-order valence-corrected chi connectivity index (χ1v) is 10.0. The van der Waals surface area contributed by atoms with E-state index in [4.69, 9.17) is 19.7 Å². The Bertz CT molecular complexity index is 596. The van der Waals surface area contributed by atoms with Gasteiger partial charge in [-0.15, -0.1) is 0 Å². The number of unbranched alkanes of at least 4 members (excludes halogenated alkanes) is 5. The van der Waals surface area contributed by atoms with Crippen LogP contribution >= 0.6 is 0 Å². The van der Waals surface area contributed by atoms with Crippen molar-refractivity contribution in [2.75, 3.05) is 13.2 Å². The second-order valence-corrected chi connectivity index (χ2v) is 6.60. The molecule has 0 fully saturated rings. The van der Waals surface area contributed by atoms with Crippen LogP contribution in [-0.2, 0) is 9.59 Å². The molecule has 0 aromatic heterocycles. The van der Waals surface area contributed by atoms with Crippen LogP contribution in [-0.4, -0.2) is 35.4 Å². The summed E-state index contributed by atoms with van der Waals surface area (Å²) in [6, 6.07) is 7.46. The Labute approximate surface area is 167 Å². The molecular weight excluding hydrogens is 360 g/mol. The fraction of sp³-hybridized carbons (Fsp3) is 0.545. The summed E-state index contributed by atoms with van der Waals surface area (Å²) in [4.78, 5) is 20.9. The molecule has 0 saturated carbocycles. The van der Waals surface area contributed by atoms with Gasteiger partial charge in [0, 0.05) is 12.8 Å². The molecule has 0 amide bonds. The van der Waals surface area contributed by atoms with E-state index in [-0.39, 0.29) is 12.8 Å². The average molecular weight is 392 g/mol. The van der Waals surface area contributed by atoms with Gasteiger partial charge in [0.15, 0.2) is 11.5 Å². The minimum Gasteiger partial charge on any atom is -0.490 e. The zero-order chi connectivity index (χ0) is 20.5. The molecule has 0 spiro atoms. The summed E-state index contributed by atoms with van der Waals surface area (Å²) in [5.41, 5.74) is 0. The molecule has 28 heavy (non-hydrogen) atoms. The van der Waals surface area contributed by atoms with E-state index in [1.165, 1.54) is 0 Å². The Morgan fingerprint density at radius 3 is 1.82 bits per heavy atom. The summed E-state index contributed by atoms with van der Waals surface area (Å²) in [6.07, 6.45) is 11.9. The molecule has 156 valence electrons. The highest BCUT2D eigenvalue weighted by Crippen LogP contribution is 2.26. The smallest absolute Gasteiger partial charge is 0.303 e. The van der Waals surface area contributed by atoms with Gasteiger partial charge in [0.1, 0.15) is 0 Å². The van der Waals surface area contributed by atoms with Crippen molar-refractivity contribution in [3.63, 3.8) is 0 Å². The average Bonchev–Trinajstić information content (AvgIpc) is 2.66. The Balaban J connectivity index is 2.07. The summed E-state index contributed by atoms with van der Waals surface area (Å²) in [6.45, 7) is 0.983. The number of rotatable bonds is 17. The highest BCUT2D eigenvalue weighted by molar-refractivity contribution is 5.66. The molecule has 1 rings (SSSR count). The maximum atomic E-state index is 10.5. The maximum absolute atomic E-state index is 10.5. The lowest BCUT2D eigenvalue weighted by Gasteiger charge is -2.12. The van der Waals surface area contributed by atoms with Gasteiger partial charge in [-0.2, -0.15) is 0 Å². The van der Waals surface area contributed by atoms with E-state index in [1.807, 2.05) is 24.3 Å². The van der Waals surface area contributed by atoms with Crippen molar-refractivity contribution in [2.24, 2.45) is 0 Å². The number of hydrogen-bond acceptors (Lipinski definition) is 4. The van der Waals surface area contributed by atoms with Crippen LogP contribution in [0.4, 0.5) is 0 Å². The minimum absolute atomic E-state index is 0.0978. The van der Waals surface area contributed by atoms with Crippen LogP contribution in [0.2, 0.25) is 0 Å². The molecule has 1 aromatic carbocycles. The van der Waals surface area contributed by atoms with Crippen molar-refractivity contribution in [1.29, 1.82) is 0 Å². The molecule has 1 aromatic rings. The second-order valence-electron chi connectivity index (χ2n) is 6.60. The molecule has 0 saturated heterocycles. The van der Waals surface area contributed by atoms with Crippen molar-refractivity contribution in [1.82, 2.24) is 0 Å². The Morgan fingerprint density at radius 2 is 1.21 bits per heavy atom. The van der Waals surface area contributed by atoms with Crippen LogP contribution in [0.3, 0.4) is 0 Å². The number of benzene rings is 1. The first-order chi connectivity index (χ1) is 13.6. The fourth-order valence-corrected chi connectivity index (χ4v) is 2.60. The van der Waals surface area contributed by atoms with E-state index in [9.17, 15) is 9.59 Å². The SMILES string of the molecule is O=C(O)CCCC=CCCCCCCOc1ccccc1OCCCC(=O)O. The van der Waals surface area contributed by atoms with Gasteiger partial charge < -0.3 is 19.7 Å². The van der Waals surface area contributed by atoms with Gasteiger partial charge in [-0.3, -0.25) is 9.59 Å². The van der Waals surface area contributed by atoms with Gasteiger partial charge in [0.25, 0.3) is 0 Å². The monoisotopic (exact) mass is 392 g/mol. The lowest BCUT2D eigenvalue weighted by molar-refractivity contribution is -0.138. The number of carboxylic acids is 2. The normalized spacial score (nSPS) is 10.9. The van der Waals surface area contributed by atoms with Crippen LogP contribution in [0.15, 0.2) is 36.4 Å². The zero-order valence-electron chi connectivity index (χ0n) is 16.5. The first kappa shape index (κ1) is 23.5. The summed E-state index contributed by atoms with van der Waals surface area (Å²) in [5.74, 6) is -0.201. The van der Waals surface area contributed by atoms with Crippen molar-refractivity contribution in [3.05, 3.63) is 36.4 Å². The minimum atomic E-state index is -0.818. The van der Waals surface area contributed by atoms with Gasteiger partial charge in [0.2, 0.25) is 0 Å². The zero-order valence-corrected chi connectivity index (χ0v) is 16.5. The molecule has 6 heteroatoms. The maximum Gasteiger partial charge on any atom is 0.303 e. The molecule has 0 atom stereocenters. The lowest BCUT2D eigenvalue weighted by atomic mass is 10.1. The van der Waals surface area contributed by atoms with Gasteiger partial charge in [-0.25, -0.2) is 0 Å². The van der Waals surface area contributed by atoms with Crippen molar-refractivity contribution < 1.29 is 29.3 Å². The predicted molar refractivity (Wildman–Crippen MR) is 108 cm³/mol. The number of carbonyl (C=O) groups is 2. The van der Waals surface area contributed by atoms with E-state index >= 15 is 0 Å². The van der Waals surface area contributed by atoms with Crippen molar-refractivity contribution in [2.45, 2.75) is 64.2 Å². The number of para-hydroxylation sites is 2. The second kappa shape index (κ2) is 15.5. The molecular formula is C22H32O6. The quantitative estimate of drug-likeness (QED) is 0.284. The molecule has 6 nitrogen and oxygen atoms in total. The molecule has 0 heterocycles. The highest BCUT2D eigenvalue weighted by Gasteiger charge is 2.05. The van der Waals surface area contributed by atoms with Crippen molar-refractivity contribution >= 4 is 11.9 Å². The summed E-state index contributed by atoms with van der Waals surface area (Å²) < 4.78 is 11.4. The van der Waals surface area contributed by atoms with E-state index in [2.05, 4.69) is 12.2 Å². The highest BCUT2D eigenvalue weighted by atomic mass is 16.5. The molecule has 0 unspecified atom stereocenters. The largest absolute Gasteiger partial charge is 0.490 e. The van der Waals surface area contributed by atoms with E-state index < -0.39 is 11.9 Å². The molecule has 0 radical (unpaired) electrons. The molecule has 0 aliphatic rings. The third kappa shape index (κ3) is 12.8. The van der Waals surface area contributed by atoms with Crippen molar-refractivity contribution in [3.8, 4) is 11.5 Å². The molecule has 2 N–H and O–H groups in total. The third-order valence-electron chi connectivity index (χ3n) is 4.09. The first-order valence-electron chi connectivity index (χ1n) is 10.0. The third-order valence-corrected chi connectivity index (χ3v) is 4.09. The molecule has 0 aliphatic heterocycles. The van der Waals surface area contributed by atoms with E-state index in [0.29, 0.717) is 37.6 Å². The number of ether oxygens (including phenoxy) is 2. The van der Waals surface area contributed by atoms with Crippen LogP contribution in [0, 0.1) is 0 Å².